The molecule has 0 atom stereocenters. The van der Waals surface area contributed by atoms with E-state index in [-0.39, 0.29) is 18.9 Å². The van der Waals surface area contributed by atoms with Crippen molar-refractivity contribution in [1.82, 2.24) is 0 Å². The first-order valence-corrected chi connectivity index (χ1v) is 3.31. The summed E-state index contributed by atoms with van der Waals surface area (Å²) in [5.41, 5.74) is 0. The van der Waals surface area contributed by atoms with E-state index < -0.39 is 0 Å². The summed E-state index contributed by atoms with van der Waals surface area (Å²) in [4.78, 5) is 0. The Bertz CT molecular complexity index is 224. The second kappa shape index (κ2) is 12.0. The van der Waals surface area contributed by atoms with E-state index in [4.69, 9.17) is 6.42 Å². The van der Waals surface area contributed by atoms with E-state index >= 15 is 0 Å². The number of rotatable bonds is 2. The smallest absolute Gasteiger partial charge is 0.358 e. The summed E-state index contributed by atoms with van der Waals surface area (Å²) in [5, 5.41) is 0. The first kappa shape index (κ1) is 12.9. The molecule has 0 aliphatic rings. The molecule has 0 unspecified atom stereocenters. The first-order chi connectivity index (χ1) is 4.91. The summed E-state index contributed by atoms with van der Waals surface area (Å²) in [6.07, 6.45) is 9.63. The fourth-order valence-corrected chi connectivity index (χ4v) is 0.434. The Kier molecular flexibility index (Phi) is 14.1. The van der Waals surface area contributed by atoms with Crippen molar-refractivity contribution in [3.05, 3.63) is 6.42 Å². The summed E-state index contributed by atoms with van der Waals surface area (Å²) < 4.78 is 0. The Hall–Kier alpha value is -0.723. The largest absolute Gasteiger partial charge is 1.00 e. The van der Waals surface area contributed by atoms with Crippen molar-refractivity contribution in [2.75, 3.05) is 0 Å². The third-order valence-corrected chi connectivity index (χ3v) is 0.931. The van der Waals surface area contributed by atoms with Crippen molar-refractivity contribution in [2.24, 2.45) is 0 Å². The van der Waals surface area contributed by atoms with Gasteiger partial charge in [0.15, 0.2) is 0 Å². The van der Waals surface area contributed by atoms with Crippen LogP contribution in [0.1, 0.15) is 26.2 Å². The van der Waals surface area contributed by atoms with Crippen molar-refractivity contribution < 1.29 is 18.9 Å². The van der Waals surface area contributed by atoms with Gasteiger partial charge in [-0.1, -0.05) is 19.3 Å². The number of unbranched alkanes of at least 4 members (excludes halogenated alkanes) is 2. The quantitative estimate of drug-likeness (QED) is 0.193. The summed E-state index contributed by atoms with van der Waals surface area (Å²) in [6, 6.07) is 0. The van der Waals surface area contributed by atoms with Gasteiger partial charge >= 0.3 is 18.9 Å². The molecule has 11 heavy (non-hydrogen) atoms. The van der Waals surface area contributed by atoms with Gasteiger partial charge in [0.2, 0.25) is 0 Å². The molecule has 0 fully saturated rings. The van der Waals surface area contributed by atoms with Gasteiger partial charge in [-0.2, -0.15) is 0 Å². The maximum atomic E-state index is 6.43. The van der Waals surface area contributed by atoms with Gasteiger partial charge in [0.1, 0.15) is 0 Å². The molecule has 0 aliphatic carbocycles. The van der Waals surface area contributed by atoms with E-state index in [0.717, 1.165) is 12.8 Å². The second-order valence-electron chi connectivity index (χ2n) is 1.78. The molecule has 1 heteroatoms. The zero-order valence-electron chi connectivity index (χ0n) is 7.12. The minimum absolute atomic E-state index is 0. The maximum absolute atomic E-state index is 6.43. The summed E-state index contributed by atoms with van der Waals surface area (Å²) in [6.45, 7) is 2.12. The molecule has 0 heterocycles. The molecule has 0 aromatic heterocycles. The summed E-state index contributed by atoms with van der Waals surface area (Å²) in [7, 11) is 0. The molecule has 0 aromatic carbocycles. The predicted octanol–water partition coefficient (Wildman–Crippen LogP) is -1.22. The molecule has 0 aliphatic heterocycles. The van der Waals surface area contributed by atoms with E-state index in [9.17, 15) is 0 Å². The van der Waals surface area contributed by atoms with Crippen LogP contribution in [-0.4, -0.2) is 0 Å². The molecule has 0 N–H and O–H groups in total. The monoisotopic (exact) mass is 136 g/mol. The SMILES string of the molecule is [C-]#CC#CC#CCCCC.[Li+]. The Labute approximate surface area is 81.3 Å². The molecule has 0 bridgehead atoms. The van der Waals surface area contributed by atoms with E-state index in [2.05, 4.69) is 30.6 Å². The van der Waals surface area contributed by atoms with Crippen LogP contribution < -0.4 is 18.9 Å². The van der Waals surface area contributed by atoms with Crippen LogP contribution >= 0.6 is 0 Å². The van der Waals surface area contributed by atoms with Gasteiger partial charge in [0, 0.05) is 6.42 Å². The molecule has 0 amide bonds. The van der Waals surface area contributed by atoms with Gasteiger partial charge in [-0.25, -0.2) is 5.92 Å². The van der Waals surface area contributed by atoms with Crippen LogP contribution in [-0.2, 0) is 0 Å². The molecule has 0 saturated carbocycles. The van der Waals surface area contributed by atoms with Gasteiger partial charge in [0.05, 0.1) is 0 Å². The van der Waals surface area contributed by atoms with Crippen LogP contribution in [0.4, 0.5) is 0 Å². The average molecular weight is 136 g/mol. The Morgan fingerprint density at radius 1 is 1.18 bits per heavy atom. The van der Waals surface area contributed by atoms with E-state index in [1.165, 1.54) is 6.42 Å². The normalized spacial score (nSPS) is 5.45. The van der Waals surface area contributed by atoms with Gasteiger partial charge < -0.3 is 6.42 Å². The zero-order valence-corrected chi connectivity index (χ0v) is 7.12. The molecule has 0 radical (unpaired) electrons. The molecule has 50 valence electrons. The molecular weight excluding hydrogens is 127 g/mol. The van der Waals surface area contributed by atoms with E-state index in [1.807, 2.05) is 5.92 Å². The Morgan fingerprint density at radius 2 is 1.91 bits per heavy atom. The molecule has 0 aromatic rings. The van der Waals surface area contributed by atoms with Crippen molar-refractivity contribution in [2.45, 2.75) is 26.2 Å². The van der Waals surface area contributed by atoms with Crippen LogP contribution in [0.25, 0.3) is 0 Å². The average Bonchev–Trinajstić information content (AvgIpc) is 1.97. The zero-order chi connectivity index (χ0) is 7.66. The van der Waals surface area contributed by atoms with Crippen molar-refractivity contribution >= 4 is 0 Å². The van der Waals surface area contributed by atoms with Crippen LogP contribution in [0.2, 0.25) is 0 Å². The van der Waals surface area contributed by atoms with Crippen molar-refractivity contribution in [3.8, 4) is 29.6 Å². The van der Waals surface area contributed by atoms with Gasteiger partial charge in [-0.3, -0.25) is 5.92 Å². The molecular formula is C10H9Li. The van der Waals surface area contributed by atoms with Gasteiger partial charge in [0.25, 0.3) is 0 Å². The standard InChI is InChI=1S/C10H9.Li/c1-3-5-7-9-10-8-6-4-2;/h3,5,7H2,1H3;/q-1;+1. The Balaban J connectivity index is 0. The third-order valence-electron chi connectivity index (χ3n) is 0.931. The first-order valence-electron chi connectivity index (χ1n) is 3.31. The Morgan fingerprint density at radius 3 is 2.45 bits per heavy atom. The summed E-state index contributed by atoms with van der Waals surface area (Å²) in [5.74, 6) is 12.2. The number of hydrogen-bond donors (Lipinski definition) is 0. The van der Waals surface area contributed by atoms with Crippen molar-refractivity contribution in [3.63, 3.8) is 0 Å². The fraction of sp³-hybridized carbons (Fsp3) is 0.400. The van der Waals surface area contributed by atoms with Gasteiger partial charge in [-0.05, 0) is 12.3 Å². The maximum Gasteiger partial charge on any atom is 1.00 e. The third kappa shape index (κ3) is 12.5. The van der Waals surface area contributed by atoms with E-state index in [0.29, 0.717) is 0 Å². The second-order valence-corrected chi connectivity index (χ2v) is 1.78. The van der Waals surface area contributed by atoms with Crippen LogP contribution in [0.3, 0.4) is 0 Å². The molecule has 0 nitrogen and oxygen atoms in total. The minimum atomic E-state index is 0. The van der Waals surface area contributed by atoms with E-state index in [1.54, 1.807) is 0 Å². The van der Waals surface area contributed by atoms with Gasteiger partial charge in [-0.15, -0.1) is 5.92 Å². The summed E-state index contributed by atoms with van der Waals surface area (Å²) >= 11 is 0. The van der Waals surface area contributed by atoms with Crippen LogP contribution in [0.15, 0.2) is 0 Å². The van der Waals surface area contributed by atoms with Crippen LogP contribution in [0.5, 0.6) is 0 Å². The van der Waals surface area contributed by atoms with Crippen LogP contribution in [0, 0.1) is 36.0 Å². The molecule has 0 spiro atoms. The minimum Gasteiger partial charge on any atom is -0.358 e. The molecule has 0 rings (SSSR count). The molecule has 0 saturated heterocycles. The van der Waals surface area contributed by atoms with Crippen molar-refractivity contribution in [1.29, 1.82) is 0 Å². The number of hydrogen-bond acceptors (Lipinski definition) is 0. The fourth-order valence-electron chi connectivity index (χ4n) is 0.434. The topological polar surface area (TPSA) is 0 Å². The predicted molar refractivity (Wildman–Crippen MR) is 42.2 cm³/mol.